The van der Waals surface area contributed by atoms with Crippen LogP contribution < -0.4 is 0 Å². The van der Waals surface area contributed by atoms with Crippen LogP contribution in [0.2, 0.25) is 6.32 Å². The average molecular weight is 172 g/mol. The smallest absolute Gasteiger partial charge is 0.0657 e. The summed E-state index contributed by atoms with van der Waals surface area (Å²) in [6, 6.07) is 8.70. The average Bonchev–Trinajstić information content (AvgIpc) is 2.51. The first-order valence-corrected chi connectivity index (χ1v) is 4.94. The Morgan fingerprint density at radius 1 is 1.25 bits per heavy atom. The summed E-state index contributed by atoms with van der Waals surface area (Å²) in [7, 11) is 5.48. The molecule has 0 N–H and O–H groups in total. The molecule has 12 heavy (non-hydrogen) atoms. The van der Waals surface area contributed by atoms with Crippen molar-refractivity contribution in [2.75, 3.05) is 0 Å². The van der Waals surface area contributed by atoms with Gasteiger partial charge < -0.3 is 0 Å². The summed E-state index contributed by atoms with van der Waals surface area (Å²) in [6.45, 7) is 0. The van der Waals surface area contributed by atoms with Crippen molar-refractivity contribution >= 4 is 29.3 Å². The summed E-state index contributed by atoms with van der Waals surface area (Å²) in [5.74, 6) is 0. The van der Waals surface area contributed by atoms with Gasteiger partial charge in [-0.1, -0.05) is 18.5 Å². The number of benzene rings is 1. The van der Waals surface area contributed by atoms with Crippen LogP contribution in [0.25, 0.3) is 10.1 Å². The van der Waals surface area contributed by atoms with E-state index in [1.54, 1.807) is 11.3 Å². The van der Waals surface area contributed by atoms with Crippen molar-refractivity contribution in [3.63, 3.8) is 0 Å². The molecular formula is C10H9BS. The van der Waals surface area contributed by atoms with Crippen LogP contribution in [0.4, 0.5) is 0 Å². The largest absolute Gasteiger partial charge is 0.144 e. The van der Waals surface area contributed by atoms with Crippen molar-refractivity contribution in [2.45, 2.75) is 12.7 Å². The van der Waals surface area contributed by atoms with Gasteiger partial charge in [-0.2, -0.15) is 0 Å². The van der Waals surface area contributed by atoms with Crippen LogP contribution >= 0.6 is 11.3 Å². The van der Waals surface area contributed by atoms with Crippen molar-refractivity contribution in [1.29, 1.82) is 0 Å². The molecule has 0 aliphatic heterocycles. The Morgan fingerprint density at radius 2 is 2.17 bits per heavy atom. The molecule has 0 bridgehead atoms. The van der Waals surface area contributed by atoms with Gasteiger partial charge in [-0.05, 0) is 34.9 Å². The normalized spacial score (nSPS) is 10.7. The third-order valence-electron chi connectivity index (χ3n) is 1.95. The Balaban J connectivity index is 2.46. The minimum atomic E-state index is 0.732. The molecule has 0 fully saturated rings. The minimum absolute atomic E-state index is 0.732. The van der Waals surface area contributed by atoms with Gasteiger partial charge in [0.2, 0.25) is 0 Å². The molecule has 0 unspecified atom stereocenters. The molecule has 1 aromatic heterocycles. The van der Waals surface area contributed by atoms with Gasteiger partial charge in [-0.15, -0.1) is 11.3 Å². The van der Waals surface area contributed by atoms with Crippen LogP contribution in [-0.4, -0.2) is 7.85 Å². The van der Waals surface area contributed by atoms with Gasteiger partial charge in [-0.25, -0.2) is 0 Å². The van der Waals surface area contributed by atoms with Crippen LogP contribution in [0.3, 0.4) is 0 Å². The van der Waals surface area contributed by atoms with E-state index in [0.717, 1.165) is 12.7 Å². The van der Waals surface area contributed by atoms with Crippen LogP contribution in [0.15, 0.2) is 29.6 Å². The topological polar surface area (TPSA) is 0 Å². The summed E-state index contributed by atoms with van der Waals surface area (Å²) in [5, 5.41) is 3.46. The Labute approximate surface area is 77.6 Å². The molecule has 0 spiro atoms. The van der Waals surface area contributed by atoms with E-state index in [4.69, 9.17) is 7.85 Å². The maximum absolute atomic E-state index is 5.48. The highest BCUT2D eigenvalue weighted by atomic mass is 32.1. The lowest BCUT2D eigenvalue weighted by atomic mass is 9.97. The molecular weight excluding hydrogens is 163 g/mol. The zero-order valence-corrected chi connectivity index (χ0v) is 7.60. The van der Waals surface area contributed by atoms with Gasteiger partial charge in [0.25, 0.3) is 0 Å². The summed E-state index contributed by atoms with van der Waals surface area (Å²) >= 11 is 1.78. The maximum Gasteiger partial charge on any atom is 0.0657 e. The number of hydrogen-bond donors (Lipinski definition) is 0. The van der Waals surface area contributed by atoms with E-state index < -0.39 is 0 Å². The number of aryl methyl sites for hydroxylation is 1. The molecule has 2 aromatic rings. The molecule has 0 saturated heterocycles. The molecule has 1 heterocycles. The lowest BCUT2D eigenvalue weighted by molar-refractivity contribution is 1.14. The zero-order valence-electron chi connectivity index (χ0n) is 6.79. The summed E-state index contributed by atoms with van der Waals surface area (Å²) < 4.78 is 1.36. The summed E-state index contributed by atoms with van der Waals surface area (Å²) in [5.41, 5.74) is 1.34. The van der Waals surface area contributed by atoms with Crippen molar-refractivity contribution in [3.05, 3.63) is 35.2 Å². The predicted molar refractivity (Wildman–Crippen MR) is 56.1 cm³/mol. The van der Waals surface area contributed by atoms with E-state index in [0.29, 0.717) is 0 Å². The lowest BCUT2D eigenvalue weighted by Gasteiger charge is -1.97. The molecule has 0 amide bonds. The molecule has 0 atom stereocenters. The molecule has 0 nitrogen and oxygen atoms in total. The lowest BCUT2D eigenvalue weighted by Crippen LogP contribution is -1.81. The van der Waals surface area contributed by atoms with Crippen LogP contribution in [-0.2, 0) is 6.42 Å². The fourth-order valence-corrected chi connectivity index (χ4v) is 2.11. The first-order valence-electron chi connectivity index (χ1n) is 4.06. The number of rotatable bonds is 2. The number of thiophene rings is 1. The number of hydrogen-bond acceptors (Lipinski definition) is 1. The minimum Gasteiger partial charge on any atom is -0.144 e. The molecule has 2 rings (SSSR count). The molecule has 58 valence electrons. The molecule has 0 saturated carbocycles. The van der Waals surface area contributed by atoms with Crippen molar-refractivity contribution in [3.8, 4) is 0 Å². The summed E-state index contributed by atoms with van der Waals surface area (Å²) in [4.78, 5) is 0. The van der Waals surface area contributed by atoms with Gasteiger partial charge in [0.1, 0.15) is 0 Å². The van der Waals surface area contributed by atoms with E-state index in [1.807, 2.05) is 0 Å². The molecule has 0 aliphatic rings. The molecule has 2 radical (unpaired) electrons. The fourth-order valence-electron chi connectivity index (χ4n) is 1.34. The first kappa shape index (κ1) is 7.87. The molecule has 1 aromatic carbocycles. The van der Waals surface area contributed by atoms with Gasteiger partial charge in [0, 0.05) is 4.70 Å². The quantitative estimate of drug-likeness (QED) is 0.610. The summed E-state index contributed by atoms with van der Waals surface area (Å²) in [6.07, 6.45) is 1.71. The SMILES string of the molecule is [B]CCc1ccc2sccc2c1. The van der Waals surface area contributed by atoms with Crippen molar-refractivity contribution in [2.24, 2.45) is 0 Å². The van der Waals surface area contributed by atoms with Gasteiger partial charge in [0.15, 0.2) is 0 Å². The van der Waals surface area contributed by atoms with Crippen molar-refractivity contribution < 1.29 is 0 Å². The highest BCUT2D eigenvalue weighted by molar-refractivity contribution is 7.17. The van der Waals surface area contributed by atoms with Crippen LogP contribution in [0, 0.1) is 0 Å². The predicted octanol–water partition coefficient (Wildman–Crippen LogP) is 3.03. The Hall–Kier alpha value is -0.755. The van der Waals surface area contributed by atoms with Crippen molar-refractivity contribution in [1.82, 2.24) is 0 Å². The second kappa shape index (κ2) is 3.32. The van der Waals surface area contributed by atoms with E-state index in [2.05, 4.69) is 29.6 Å². The van der Waals surface area contributed by atoms with Crippen LogP contribution in [0.5, 0.6) is 0 Å². The van der Waals surface area contributed by atoms with Gasteiger partial charge in [-0.3, -0.25) is 0 Å². The second-order valence-corrected chi connectivity index (χ2v) is 3.78. The standard InChI is InChI=1S/C10H9BS/c11-5-3-8-1-2-10-9(7-8)4-6-12-10/h1-2,4,6-7H,3,5H2. The Bertz CT molecular complexity index is 378. The molecule has 2 heteroatoms. The van der Waals surface area contributed by atoms with E-state index >= 15 is 0 Å². The van der Waals surface area contributed by atoms with E-state index in [9.17, 15) is 0 Å². The third-order valence-corrected chi connectivity index (χ3v) is 2.85. The zero-order chi connectivity index (χ0) is 8.39. The second-order valence-electron chi connectivity index (χ2n) is 2.83. The Kier molecular flexibility index (Phi) is 2.18. The Morgan fingerprint density at radius 3 is 3.00 bits per heavy atom. The highest BCUT2D eigenvalue weighted by Crippen LogP contribution is 2.22. The number of fused-ring (bicyclic) bond motifs is 1. The van der Waals surface area contributed by atoms with Crippen LogP contribution in [0.1, 0.15) is 5.56 Å². The monoisotopic (exact) mass is 172 g/mol. The maximum atomic E-state index is 5.48. The van der Waals surface area contributed by atoms with E-state index in [-0.39, 0.29) is 0 Å². The highest BCUT2D eigenvalue weighted by Gasteiger charge is 1.95. The van der Waals surface area contributed by atoms with Gasteiger partial charge in [0.05, 0.1) is 7.85 Å². The molecule has 0 aliphatic carbocycles. The van der Waals surface area contributed by atoms with E-state index in [1.165, 1.54) is 15.6 Å². The first-order chi connectivity index (χ1) is 5.90. The van der Waals surface area contributed by atoms with Gasteiger partial charge >= 0.3 is 0 Å². The fraction of sp³-hybridized carbons (Fsp3) is 0.200. The third kappa shape index (κ3) is 1.39.